The average molecular weight is 393 g/mol. The van der Waals surface area contributed by atoms with Gasteiger partial charge >= 0.3 is 5.97 Å². The number of ether oxygens (including phenoxy) is 1. The zero-order valence-electron chi connectivity index (χ0n) is 15.9. The van der Waals surface area contributed by atoms with Crippen molar-refractivity contribution in [1.82, 2.24) is 5.32 Å². The number of Topliss-reactive ketones (excluding diaryl/α,β-unsaturated/α-hetero) is 1. The van der Waals surface area contributed by atoms with Gasteiger partial charge in [-0.3, -0.25) is 9.59 Å². The Balaban J connectivity index is 1.66. The minimum absolute atomic E-state index is 0.0115. The summed E-state index contributed by atoms with van der Waals surface area (Å²) >= 11 is 0. The van der Waals surface area contributed by atoms with Crippen LogP contribution >= 0.6 is 0 Å². The molecule has 2 atom stereocenters. The average Bonchev–Trinajstić information content (AvgIpc) is 2.72. The van der Waals surface area contributed by atoms with Gasteiger partial charge < -0.3 is 10.1 Å². The summed E-state index contributed by atoms with van der Waals surface area (Å²) in [4.78, 5) is 37.0. The van der Waals surface area contributed by atoms with E-state index in [1.807, 2.05) is 0 Å². The van der Waals surface area contributed by atoms with Crippen LogP contribution in [-0.2, 0) is 14.3 Å². The van der Waals surface area contributed by atoms with Crippen molar-refractivity contribution in [2.75, 3.05) is 7.11 Å². The standard InChI is InChI=1S/C23H20FNO4/c1-29-23(28)15-4-2-14(3-5-15)18-12-21(27)25-19-10-16(11-20(26)22(18)19)13-6-8-17(24)9-7-13/h2-9,16,18H,10-12H2,1H3,(H,25,27)/t16-,18+/m0/s1. The SMILES string of the molecule is COC(=O)c1ccc([C@H]2CC(=O)NC3=C2C(=O)C[C@@H](c2ccc(F)cc2)C3)cc1. The van der Waals surface area contributed by atoms with Crippen molar-refractivity contribution in [2.24, 2.45) is 0 Å². The number of benzene rings is 2. The third kappa shape index (κ3) is 3.70. The molecule has 4 rings (SSSR count). The lowest BCUT2D eigenvalue weighted by Gasteiger charge is -2.34. The van der Waals surface area contributed by atoms with Crippen molar-refractivity contribution in [3.05, 3.63) is 82.3 Å². The zero-order valence-corrected chi connectivity index (χ0v) is 15.9. The third-order valence-corrected chi connectivity index (χ3v) is 5.61. The first-order valence-corrected chi connectivity index (χ1v) is 9.46. The van der Waals surface area contributed by atoms with Gasteiger partial charge in [-0.2, -0.15) is 0 Å². The minimum atomic E-state index is -0.436. The van der Waals surface area contributed by atoms with E-state index >= 15 is 0 Å². The first kappa shape index (κ1) is 19.1. The number of ketones is 1. The van der Waals surface area contributed by atoms with Crippen molar-refractivity contribution in [3.63, 3.8) is 0 Å². The molecule has 1 amide bonds. The highest BCUT2D eigenvalue weighted by Gasteiger charge is 2.38. The van der Waals surface area contributed by atoms with E-state index in [9.17, 15) is 18.8 Å². The smallest absolute Gasteiger partial charge is 0.337 e. The first-order valence-electron chi connectivity index (χ1n) is 9.46. The lowest BCUT2D eigenvalue weighted by molar-refractivity contribution is -0.122. The molecule has 2 aromatic carbocycles. The lowest BCUT2D eigenvalue weighted by Crippen LogP contribution is -2.38. The second-order valence-electron chi connectivity index (χ2n) is 7.39. The maximum atomic E-state index is 13.2. The summed E-state index contributed by atoms with van der Waals surface area (Å²) in [6.45, 7) is 0. The molecule has 6 heteroatoms. The van der Waals surface area contributed by atoms with E-state index in [-0.39, 0.29) is 35.8 Å². The summed E-state index contributed by atoms with van der Waals surface area (Å²) in [7, 11) is 1.32. The Hall–Kier alpha value is -3.28. The highest BCUT2D eigenvalue weighted by Crippen LogP contribution is 2.42. The maximum absolute atomic E-state index is 13.2. The molecule has 0 aromatic heterocycles. The van der Waals surface area contributed by atoms with Gasteiger partial charge in [-0.1, -0.05) is 24.3 Å². The summed E-state index contributed by atoms with van der Waals surface area (Å²) in [6.07, 6.45) is 1.02. The van der Waals surface area contributed by atoms with Crippen molar-refractivity contribution >= 4 is 17.7 Å². The molecule has 2 aliphatic rings. The van der Waals surface area contributed by atoms with Crippen LogP contribution in [-0.4, -0.2) is 24.8 Å². The van der Waals surface area contributed by atoms with Crippen molar-refractivity contribution < 1.29 is 23.5 Å². The third-order valence-electron chi connectivity index (χ3n) is 5.61. The van der Waals surface area contributed by atoms with Crippen molar-refractivity contribution in [2.45, 2.75) is 31.1 Å². The molecule has 2 aromatic rings. The van der Waals surface area contributed by atoms with Crippen LogP contribution < -0.4 is 5.32 Å². The number of carbonyl (C=O) groups excluding carboxylic acids is 3. The molecule has 0 bridgehead atoms. The van der Waals surface area contributed by atoms with Crippen LogP contribution in [0.4, 0.5) is 4.39 Å². The molecular formula is C23H20FNO4. The summed E-state index contributed by atoms with van der Waals surface area (Å²) in [5, 5.41) is 2.87. The highest BCUT2D eigenvalue weighted by molar-refractivity contribution is 6.02. The van der Waals surface area contributed by atoms with E-state index in [1.165, 1.54) is 19.2 Å². The van der Waals surface area contributed by atoms with Gasteiger partial charge in [0.1, 0.15) is 5.82 Å². The molecule has 0 saturated heterocycles. The maximum Gasteiger partial charge on any atom is 0.337 e. The molecule has 1 aliphatic heterocycles. The quantitative estimate of drug-likeness (QED) is 0.809. The Morgan fingerprint density at radius 1 is 0.966 bits per heavy atom. The molecule has 29 heavy (non-hydrogen) atoms. The molecular weight excluding hydrogens is 373 g/mol. The van der Waals surface area contributed by atoms with Crippen LogP contribution in [0.5, 0.6) is 0 Å². The fourth-order valence-corrected chi connectivity index (χ4v) is 4.18. The number of hydrogen-bond acceptors (Lipinski definition) is 4. The predicted molar refractivity (Wildman–Crippen MR) is 104 cm³/mol. The van der Waals surface area contributed by atoms with E-state index < -0.39 is 5.97 Å². The Kier molecular flexibility index (Phi) is 5.01. The van der Waals surface area contributed by atoms with Gasteiger partial charge in [0.15, 0.2) is 5.78 Å². The monoisotopic (exact) mass is 393 g/mol. The summed E-state index contributed by atoms with van der Waals surface area (Å²) < 4.78 is 17.9. The van der Waals surface area contributed by atoms with Gasteiger partial charge in [0.25, 0.3) is 0 Å². The lowest BCUT2D eigenvalue weighted by atomic mass is 9.73. The van der Waals surface area contributed by atoms with Gasteiger partial charge in [-0.05, 0) is 47.7 Å². The van der Waals surface area contributed by atoms with Gasteiger partial charge in [0.05, 0.1) is 12.7 Å². The van der Waals surface area contributed by atoms with Crippen molar-refractivity contribution in [1.29, 1.82) is 0 Å². The molecule has 0 unspecified atom stereocenters. The van der Waals surface area contributed by atoms with Gasteiger partial charge in [-0.15, -0.1) is 0 Å². The van der Waals surface area contributed by atoms with E-state index in [2.05, 4.69) is 5.32 Å². The van der Waals surface area contributed by atoms with E-state index in [0.717, 1.165) is 11.1 Å². The molecule has 0 saturated carbocycles. The fourth-order valence-electron chi connectivity index (χ4n) is 4.18. The van der Waals surface area contributed by atoms with E-state index in [4.69, 9.17) is 4.74 Å². The normalized spacial score (nSPS) is 21.4. The van der Waals surface area contributed by atoms with E-state index in [1.54, 1.807) is 36.4 Å². The van der Waals surface area contributed by atoms with Gasteiger partial charge in [-0.25, -0.2) is 9.18 Å². The first-order chi connectivity index (χ1) is 14.0. The second kappa shape index (κ2) is 7.62. The minimum Gasteiger partial charge on any atom is -0.465 e. The number of rotatable bonds is 3. The Labute approximate surface area is 167 Å². The summed E-state index contributed by atoms with van der Waals surface area (Å²) in [5.41, 5.74) is 3.39. The topological polar surface area (TPSA) is 72.5 Å². The number of carbonyl (C=O) groups is 3. The summed E-state index contributed by atoms with van der Waals surface area (Å²) in [5.74, 6) is -1.35. The van der Waals surface area contributed by atoms with E-state index in [0.29, 0.717) is 29.7 Å². The molecule has 1 heterocycles. The van der Waals surface area contributed by atoms with Crippen LogP contribution in [0.2, 0.25) is 0 Å². The molecule has 5 nitrogen and oxygen atoms in total. The Morgan fingerprint density at radius 2 is 1.62 bits per heavy atom. The fraction of sp³-hybridized carbons (Fsp3) is 0.261. The van der Waals surface area contributed by atoms with Crippen LogP contribution in [0, 0.1) is 5.82 Å². The highest BCUT2D eigenvalue weighted by atomic mass is 19.1. The number of hydrogen-bond donors (Lipinski definition) is 1. The molecule has 0 radical (unpaired) electrons. The van der Waals surface area contributed by atoms with Crippen LogP contribution in [0.15, 0.2) is 59.8 Å². The number of allylic oxidation sites excluding steroid dienone is 2. The van der Waals surface area contributed by atoms with Gasteiger partial charge in [0.2, 0.25) is 5.91 Å². The largest absolute Gasteiger partial charge is 0.465 e. The molecule has 0 fully saturated rings. The van der Waals surface area contributed by atoms with Gasteiger partial charge in [0, 0.05) is 30.0 Å². The number of esters is 1. The van der Waals surface area contributed by atoms with Crippen LogP contribution in [0.25, 0.3) is 0 Å². The Morgan fingerprint density at radius 3 is 2.28 bits per heavy atom. The number of amides is 1. The predicted octanol–water partition coefficient (Wildman–Crippen LogP) is 3.62. The Bertz CT molecular complexity index is 1010. The number of halogens is 1. The number of methoxy groups -OCH3 is 1. The number of nitrogens with one attached hydrogen (secondary N) is 1. The molecule has 1 N–H and O–H groups in total. The second-order valence-corrected chi connectivity index (χ2v) is 7.39. The summed E-state index contributed by atoms with van der Waals surface area (Å²) in [6, 6.07) is 13.0. The zero-order chi connectivity index (χ0) is 20.5. The molecule has 148 valence electrons. The van der Waals surface area contributed by atoms with Crippen molar-refractivity contribution in [3.8, 4) is 0 Å². The van der Waals surface area contributed by atoms with Crippen LogP contribution in [0.3, 0.4) is 0 Å². The molecule has 1 aliphatic carbocycles. The van der Waals surface area contributed by atoms with Crippen LogP contribution in [0.1, 0.15) is 52.6 Å². The molecule has 0 spiro atoms.